The lowest BCUT2D eigenvalue weighted by Crippen LogP contribution is -2.24. The van der Waals surface area contributed by atoms with Gasteiger partial charge in [0.1, 0.15) is 0 Å². The maximum absolute atomic E-state index is 3.19. The predicted molar refractivity (Wildman–Crippen MR) is 84.9 cm³/mol. The first-order valence-corrected chi connectivity index (χ1v) is 7.59. The Bertz CT molecular complexity index is 332. The van der Waals surface area contributed by atoms with Gasteiger partial charge in [-0.1, -0.05) is 38.1 Å². The summed E-state index contributed by atoms with van der Waals surface area (Å²) in [5.41, 5.74) is 2.92. The van der Waals surface area contributed by atoms with E-state index >= 15 is 0 Å². The van der Waals surface area contributed by atoms with Crippen LogP contribution in [0.15, 0.2) is 24.3 Å². The van der Waals surface area contributed by atoms with Crippen LogP contribution >= 0.6 is 0 Å². The normalized spacial score (nSPS) is 12.9. The van der Waals surface area contributed by atoms with Crippen LogP contribution in [-0.2, 0) is 6.42 Å². The van der Waals surface area contributed by atoms with Crippen LogP contribution in [0.5, 0.6) is 0 Å². The van der Waals surface area contributed by atoms with Crippen LogP contribution < -0.4 is 5.32 Å². The first-order chi connectivity index (χ1) is 9.17. The van der Waals surface area contributed by atoms with E-state index in [0.29, 0.717) is 5.92 Å². The van der Waals surface area contributed by atoms with E-state index in [9.17, 15) is 0 Å². The van der Waals surface area contributed by atoms with E-state index in [-0.39, 0.29) is 0 Å². The van der Waals surface area contributed by atoms with Crippen molar-refractivity contribution in [2.45, 2.75) is 39.0 Å². The Morgan fingerprint density at radius 3 is 2.42 bits per heavy atom. The molecule has 0 bridgehead atoms. The van der Waals surface area contributed by atoms with E-state index in [0.717, 1.165) is 19.5 Å². The second kappa shape index (κ2) is 9.11. The fourth-order valence-corrected chi connectivity index (χ4v) is 2.21. The molecule has 0 fully saturated rings. The van der Waals surface area contributed by atoms with Gasteiger partial charge < -0.3 is 10.2 Å². The molecule has 2 nitrogen and oxygen atoms in total. The zero-order chi connectivity index (χ0) is 14.1. The quantitative estimate of drug-likeness (QED) is 0.687. The molecular weight excluding hydrogens is 232 g/mol. The van der Waals surface area contributed by atoms with E-state index in [1.165, 1.54) is 30.5 Å². The van der Waals surface area contributed by atoms with Crippen LogP contribution in [0.3, 0.4) is 0 Å². The number of rotatable bonds is 9. The standard InChI is InChI=1S/C17H30N2/c1-5-15(2)17-9-7-16(8-10-17)11-14-19(4)13-6-12-18-3/h7-10,15,18H,5-6,11-14H2,1-4H3. The molecule has 19 heavy (non-hydrogen) atoms. The van der Waals surface area contributed by atoms with Crippen LogP contribution in [0.2, 0.25) is 0 Å². The molecule has 0 spiro atoms. The molecule has 1 unspecified atom stereocenters. The third-order valence-corrected chi connectivity index (χ3v) is 3.91. The van der Waals surface area contributed by atoms with Crippen molar-refractivity contribution in [3.05, 3.63) is 35.4 Å². The second-order valence-corrected chi connectivity index (χ2v) is 5.56. The Kier molecular flexibility index (Phi) is 7.76. The fourth-order valence-electron chi connectivity index (χ4n) is 2.21. The maximum atomic E-state index is 3.19. The van der Waals surface area contributed by atoms with Crippen LogP contribution in [0.4, 0.5) is 0 Å². The van der Waals surface area contributed by atoms with Crippen molar-refractivity contribution in [3.63, 3.8) is 0 Å². The first kappa shape index (κ1) is 16.2. The summed E-state index contributed by atoms with van der Waals surface area (Å²) in [5, 5.41) is 3.19. The molecule has 1 aromatic rings. The maximum Gasteiger partial charge on any atom is 0.00188 e. The third-order valence-electron chi connectivity index (χ3n) is 3.91. The molecule has 0 amide bonds. The van der Waals surface area contributed by atoms with E-state index in [1.807, 2.05) is 7.05 Å². The highest BCUT2D eigenvalue weighted by molar-refractivity contribution is 5.25. The number of benzene rings is 1. The van der Waals surface area contributed by atoms with Gasteiger partial charge in [-0.25, -0.2) is 0 Å². The van der Waals surface area contributed by atoms with E-state index in [1.54, 1.807) is 0 Å². The number of likely N-dealkylation sites (N-methyl/N-ethyl adjacent to an activating group) is 1. The minimum Gasteiger partial charge on any atom is -0.320 e. The molecule has 0 aliphatic carbocycles. The summed E-state index contributed by atoms with van der Waals surface area (Å²) < 4.78 is 0. The van der Waals surface area contributed by atoms with Gasteiger partial charge in [0.2, 0.25) is 0 Å². The molecule has 2 heteroatoms. The number of nitrogens with one attached hydrogen (secondary N) is 1. The largest absolute Gasteiger partial charge is 0.320 e. The zero-order valence-electron chi connectivity index (χ0n) is 13.1. The van der Waals surface area contributed by atoms with Gasteiger partial charge in [-0.05, 0) is 63.5 Å². The van der Waals surface area contributed by atoms with Gasteiger partial charge in [-0.3, -0.25) is 0 Å². The predicted octanol–water partition coefficient (Wildman–Crippen LogP) is 3.28. The summed E-state index contributed by atoms with van der Waals surface area (Å²) in [7, 11) is 4.22. The van der Waals surface area contributed by atoms with Crippen LogP contribution in [-0.4, -0.2) is 38.6 Å². The fraction of sp³-hybridized carbons (Fsp3) is 0.647. The molecule has 0 heterocycles. The van der Waals surface area contributed by atoms with Crippen molar-refractivity contribution in [2.75, 3.05) is 33.7 Å². The Hall–Kier alpha value is -0.860. The molecular formula is C17H30N2. The molecule has 1 atom stereocenters. The van der Waals surface area contributed by atoms with E-state index in [2.05, 4.69) is 55.4 Å². The lowest BCUT2D eigenvalue weighted by Gasteiger charge is -2.16. The lowest BCUT2D eigenvalue weighted by molar-refractivity contribution is 0.332. The van der Waals surface area contributed by atoms with Crippen molar-refractivity contribution in [3.8, 4) is 0 Å². The van der Waals surface area contributed by atoms with E-state index < -0.39 is 0 Å². The molecule has 0 aromatic heterocycles. The summed E-state index contributed by atoms with van der Waals surface area (Å²) >= 11 is 0. The molecule has 108 valence electrons. The molecule has 1 aromatic carbocycles. The molecule has 0 aliphatic rings. The minimum atomic E-state index is 0.679. The highest BCUT2D eigenvalue weighted by Crippen LogP contribution is 2.18. The van der Waals surface area contributed by atoms with Crippen LogP contribution in [0.1, 0.15) is 43.7 Å². The van der Waals surface area contributed by atoms with Crippen molar-refractivity contribution < 1.29 is 0 Å². The summed E-state index contributed by atoms with van der Waals surface area (Å²) in [5.74, 6) is 0.679. The lowest BCUT2D eigenvalue weighted by atomic mass is 9.97. The molecule has 0 saturated heterocycles. The molecule has 0 aliphatic heterocycles. The van der Waals surface area contributed by atoms with E-state index in [4.69, 9.17) is 0 Å². The summed E-state index contributed by atoms with van der Waals surface area (Å²) in [6.45, 7) is 7.97. The zero-order valence-corrected chi connectivity index (χ0v) is 13.1. The summed E-state index contributed by atoms with van der Waals surface area (Å²) in [6, 6.07) is 9.18. The minimum absolute atomic E-state index is 0.679. The van der Waals surface area contributed by atoms with Gasteiger partial charge in [-0.2, -0.15) is 0 Å². The topological polar surface area (TPSA) is 15.3 Å². The average Bonchev–Trinajstić information content (AvgIpc) is 2.45. The number of hydrogen-bond donors (Lipinski definition) is 1. The third kappa shape index (κ3) is 6.22. The molecule has 1 N–H and O–H groups in total. The average molecular weight is 262 g/mol. The van der Waals surface area contributed by atoms with Gasteiger partial charge in [0.15, 0.2) is 0 Å². The Balaban J connectivity index is 2.33. The second-order valence-electron chi connectivity index (χ2n) is 5.56. The Morgan fingerprint density at radius 1 is 1.16 bits per heavy atom. The van der Waals surface area contributed by atoms with Crippen molar-refractivity contribution in [1.29, 1.82) is 0 Å². The Morgan fingerprint density at radius 2 is 1.84 bits per heavy atom. The van der Waals surface area contributed by atoms with Crippen molar-refractivity contribution in [1.82, 2.24) is 10.2 Å². The molecule has 0 saturated carbocycles. The van der Waals surface area contributed by atoms with Crippen LogP contribution in [0.25, 0.3) is 0 Å². The van der Waals surface area contributed by atoms with Gasteiger partial charge in [0, 0.05) is 6.54 Å². The molecule has 1 rings (SSSR count). The van der Waals surface area contributed by atoms with Crippen LogP contribution in [0, 0.1) is 0 Å². The van der Waals surface area contributed by atoms with Gasteiger partial charge in [0.05, 0.1) is 0 Å². The van der Waals surface area contributed by atoms with Crippen molar-refractivity contribution >= 4 is 0 Å². The number of hydrogen-bond acceptors (Lipinski definition) is 2. The highest BCUT2D eigenvalue weighted by atomic mass is 15.1. The highest BCUT2D eigenvalue weighted by Gasteiger charge is 2.03. The van der Waals surface area contributed by atoms with Gasteiger partial charge in [0.25, 0.3) is 0 Å². The summed E-state index contributed by atoms with van der Waals surface area (Å²) in [6.07, 6.45) is 3.59. The van der Waals surface area contributed by atoms with Gasteiger partial charge in [-0.15, -0.1) is 0 Å². The molecule has 0 radical (unpaired) electrons. The first-order valence-electron chi connectivity index (χ1n) is 7.59. The smallest absolute Gasteiger partial charge is 0.00188 e. The monoisotopic (exact) mass is 262 g/mol. The number of nitrogens with zero attached hydrogens (tertiary/aromatic N) is 1. The van der Waals surface area contributed by atoms with Gasteiger partial charge >= 0.3 is 0 Å². The SMILES string of the molecule is CCC(C)c1ccc(CCN(C)CCCNC)cc1. The Labute approximate surface area is 119 Å². The van der Waals surface area contributed by atoms with Crippen molar-refractivity contribution in [2.24, 2.45) is 0 Å². The summed E-state index contributed by atoms with van der Waals surface area (Å²) in [4.78, 5) is 2.42.